The number of ether oxygens (including phenoxy) is 1. The molecular formula is C14H16BrN3O. The predicted octanol–water partition coefficient (Wildman–Crippen LogP) is 3.86. The van der Waals surface area contributed by atoms with Crippen LogP contribution in [-0.2, 0) is 12.8 Å². The third-order valence-corrected chi connectivity index (χ3v) is 3.06. The fraction of sp³-hybridized carbons (Fsp3) is 0.357. The van der Waals surface area contributed by atoms with Gasteiger partial charge in [-0.25, -0.2) is 4.98 Å². The molecule has 0 unspecified atom stereocenters. The van der Waals surface area contributed by atoms with Crippen LogP contribution in [0.1, 0.15) is 31.1 Å². The van der Waals surface area contributed by atoms with E-state index in [1.807, 2.05) is 26.0 Å². The maximum absolute atomic E-state index is 5.84. The molecule has 0 bridgehead atoms. The predicted molar refractivity (Wildman–Crippen MR) is 77.5 cm³/mol. The summed E-state index contributed by atoms with van der Waals surface area (Å²) in [5.74, 6) is 2.04. The third kappa shape index (κ3) is 3.50. The van der Waals surface area contributed by atoms with Gasteiger partial charge in [0, 0.05) is 18.2 Å². The molecule has 2 aromatic rings. The van der Waals surface area contributed by atoms with Crippen LogP contribution in [0, 0.1) is 6.92 Å². The highest BCUT2D eigenvalue weighted by molar-refractivity contribution is 9.10. The van der Waals surface area contributed by atoms with Crippen molar-refractivity contribution in [3.8, 4) is 11.6 Å². The van der Waals surface area contributed by atoms with Crippen molar-refractivity contribution in [2.24, 2.45) is 0 Å². The first-order valence-corrected chi connectivity index (χ1v) is 7.09. The molecule has 100 valence electrons. The zero-order chi connectivity index (χ0) is 13.8. The summed E-state index contributed by atoms with van der Waals surface area (Å²) in [7, 11) is 0. The van der Waals surface area contributed by atoms with Crippen molar-refractivity contribution in [3.05, 3.63) is 40.0 Å². The molecule has 2 aromatic heterocycles. The minimum Gasteiger partial charge on any atom is -0.437 e. The van der Waals surface area contributed by atoms with Crippen LogP contribution in [0.25, 0.3) is 0 Å². The van der Waals surface area contributed by atoms with E-state index >= 15 is 0 Å². The molecule has 0 aliphatic carbocycles. The Morgan fingerprint density at radius 1 is 1.11 bits per heavy atom. The molecule has 5 heteroatoms. The summed E-state index contributed by atoms with van der Waals surface area (Å²) in [5, 5.41) is 0. The summed E-state index contributed by atoms with van der Waals surface area (Å²) < 4.78 is 6.56. The molecule has 0 radical (unpaired) electrons. The highest BCUT2D eigenvalue weighted by Gasteiger charge is 2.08. The van der Waals surface area contributed by atoms with Crippen molar-refractivity contribution in [3.63, 3.8) is 0 Å². The van der Waals surface area contributed by atoms with Crippen LogP contribution in [0.2, 0.25) is 0 Å². The zero-order valence-corrected chi connectivity index (χ0v) is 12.9. The quantitative estimate of drug-likeness (QED) is 0.802. The zero-order valence-electron chi connectivity index (χ0n) is 11.3. The van der Waals surface area contributed by atoms with Crippen molar-refractivity contribution in [2.75, 3.05) is 0 Å². The number of halogens is 1. The second kappa shape index (κ2) is 6.10. The molecule has 0 aromatic carbocycles. The molecule has 2 rings (SSSR count). The van der Waals surface area contributed by atoms with E-state index in [-0.39, 0.29) is 0 Å². The van der Waals surface area contributed by atoms with E-state index < -0.39 is 0 Å². The smallest absolute Gasteiger partial charge is 0.223 e. The van der Waals surface area contributed by atoms with Crippen molar-refractivity contribution in [1.82, 2.24) is 15.0 Å². The van der Waals surface area contributed by atoms with E-state index in [0.717, 1.165) is 40.4 Å². The topological polar surface area (TPSA) is 47.9 Å². The van der Waals surface area contributed by atoms with Crippen LogP contribution < -0.4 is 4.74 Å². The standard InChI is InChI=1S/C14H16BrN3O/c1-4-10-11(7-6-9(3)16-10)19-14-8-12(15)17-13(5-2)18-14/h6-8H,4-5H2,1-3H3. The Morgan fingerprint density at radius 3 is 2.58 bits per heavy atom. The molecule has 0 spiro atoms. The Hall–Kier alpha value is -1.49. The monoisotopic (exact) mass is 321 g/mol. The number of aryl methyl sites for hydroxylation is 3. The summed E-state index contributed by atoms with van der Waals surface area (Å²) in [5.41, 5.74) is 1.93. The van der Waals surface area contributed by atoms with Gasteiger partial charge in [0.05, 0.1) is 5.69 Å². The van der Waals surface area contributed by atoms with Gasteiger partial charge in [0.25, 0.3) is 0 Å². The molecule has 0 atom stereocenters. The van der Waals surface area contributed by atoms with E-state index in [1.54, 1.807) is 6.07 Å². The second-order valence-electron chi connectivity index (χ2n) is 4.15. The highest BCUT2D eigenvalue weighted by Crippen LogP contribution is 2.25. The van der Waals surface area contributed by atoms with Gasteiger partial charge in [-0.3, -0.25) is 4.98 Å². The van der Waals surface area contributed by atoms with Gasteiger partial charge >= 0.3 is 0 Å². The maximum Gasteiger partial charge on any atom is 0.223 e. The van der Waals surface area contributed by atoms with Gasteiger partial charge in [0.15, 0.2) is 5.75 Å². The van der Waals surface area contributed by atoms with Crippen molar-refractivity contribution >= 4 is 15.9 Å². The largest absolute Gasteiger partial charge is 0.437 e. The summed E-state index contributed by atoms with van der Waals surface area (Å²) in [4.78, 5) is 13.1. The number of hydrogen-bond donors (Lipinski definition) is 0. The number of hydrogen-bond acceptors (Lipinski definition) is 4. The SMILES string of the molecule is CCc1nc(Br)cc(Oc2ccc(C)nc2CC)n1. The van der Waals surface area contributed by atoms with Gasteiger partial charge in [-0.1, -0.05) is 13.8 Å². The molecule has 0 fully saturated rings. The van der Waals surface area contributed by atoms with Crippen molar-refractivity contribution in [2.45, 2.75) is 33.6 Å². The highest BCUT2D eigenvalue weighted by atomic mass is 79.9. The minimum absolute atomic E-state index is 0.541. The fourth-order valence-corrected chi connectivity index (χ4v) is 2.11. The Labute approximate surface area is 121 Å². The normalized spacial score (nSPS) is 10.5. The van der Waals surface area contributed by atoms with Crippen LogP contribution in [0.15, 0.2) is 22.8 Å². The van der Waals surface area contributed by atoms with E-state index in [1.165, 1.54) is 0 Å². The first-order chi connectivity index (χ1) is 9.12. The minimum atomic E-state index is 0.541. The lowest BCUT2D eigenvalue weighted by Crippen LogP contribution is -2.00. The van der Waals surface area contributed by atoms with Gasteiger partial charge in [-0.2, -0.15) is 4.98 Å². The van der Waals surface area contributed by atoms with Gasteiger partial charge in [0.2, 0.25) is 5.88 Å². The summed E-state index contributed by atoms with van der Waals surface area (Å²) in [6.45, 7) is 6.04. The number of nitrogens with zero attached hydrogens (tertiary/aromatic N) is 3. The Morgan fingerprint density at radius 2 is 1.89 bits per heavy atom. The summed E-state index contributed by atoms with van der Waals surface area (Å²) >= 11 is 3.37. The van der Waals surface area contributed by atoms with Crippen LogP contribution in [0.4, 0.5) is 0 Å². The molecule has 0 N–H and O–H groups in total. The lowest BCUT2D eigenvalue weighted by molar-refractivity contribution is 0.449. The lowest BCUT2D eigenvalue weighted by Gasteiger charge is -2.10. The van der Waals surface area contributed by atoms with E-state index in [9.17, 15) is 0 Å². The van der Waals surface area contributed by atoms with E-state index in [4.69, 9.17) is 4.74 Å². The lowest BCUT2D eigenvalue weighted by atomic mass is 10.2. The van der Waals surface area contributed by atoms with Crippen LogP contribution in [0.3, 0.4) is 0 Å². The molecule has 0 aliphatic heterocycles. The van der Waals surface area contributed by atoms with Gasteiger partial charge in [-0.15, -0.1) is 0 Å². The first-order valence-electron chi connectivity index (χ1n) is 6.30. The van der Waals surface area contributed by atoms with Crippen LogP contribution >= 0.6 is 15.9 Å². The van der Waals surface area contributed by atoms with Crippen LogP contribution in [-0.4, -0.2) is 15.0 Å². The van der Waals surface area contributed by atoms with Crippen LogP contribution in [0.5, 0.6) is 11.6 Å². The molecular weight excluding hydrogens is 306 g/mol. The number of pyridine rings is 1. The molecule has 0 saturated heterocycles. The summed E-state index contributed by atoms with van der Waals surface area (Å²) in [6, 6.07) is 5.63. The summed E-state index contributed by atoms with van der Waals surface area (Å²) in [6.07, 6.45) is 1.59. The second-order valence-corrected chi connectivity index (χ2v) is 4.96. The number of aromatic nitrogens is 3. The molecule has 19 heavy (non-hydrogen) atoms. The average Bonchev–Trinajstić information content (AvgIpc) is 2.40. The van der Waals surface area contributed by atoms with Crippen molar-refractivity contribution in [1.29, 1.82) is 0 Å². The Bertz CT molecular complexity index is 587. The average molecular weight is 322 g/mol. The Balaban J connectivity index is 2.33. The first kappa shape index (κ1) is 13.9. The van der Waals surface area contributed by atoms with Crippen molar-refractivity contribution < 1.29 is 4.74 Å². The van der Waals surface area contributed by atoms with Gasteiger partial charge < -0.3 is 4.74 Å². The third-order valence-electron chi connectivity index (χ3n) is 2.65. The molecule has 0 aliphatic rings. The van der Waals surface area contributed by atoms with Gasteiger partial charge in [-0.05, 0) is 41.4 Å². The van der Waals surface area contributed by atoms with Gasteiger partial charge in [0.1, 0.15) is 10.4 Å². The van der Waals surface area contributed by atoms with E-state index in [0.29, 0.717) is 5.88 Å². The number of rotatable bonds is 4. The van der Waals surface area contributed by atoms with E-state index in [2.05, 4.69) is 37.8 Å². The maximum atomic E-state index is 5.84. The Kier molecular flexibility index (Phi) is 4.47. The molecule has 0 saturated carbocycles. The fourth-order valence-electron chi connectivity index (χ4n) is 1.71. The molecule has 0 amide bonds. The molecule has 2 heterocycles. The molecule has 4 nitrogen and oxygen atoms in total.